The van der Waals surface area contributed by atoms with Crippen LogP contribution < -0.4 is 0 Å². The standard InChI is InChI=1S/C22H16O3/c23-21(24)11-14-5-7-15(8-6-14)16-9-10-18-12-17-3-1-2-4-19(17)22(25)20(18)13-16/h1-10,13H,11-12H2,(H,23,24). The van der Waals surface area contributed by atoms with Crippen molar-refractivity contribution in [1.29, 1.82) is 0 Å². The second-order valence-electron chi connectivity index (χ2n) is 6.30. The van der Waals surface area contributed by atoms with Crippen LogP contribution in [-0.4, -0.2) is 16.9 Å². The molecule has 1 N–H and O–H groups in total. The summed E-state index contributed by atoms with van der Waals surface area (Å²) in [5.41, 5.74) is 6.37. The number of rotatable bonds is 3. The summed E-state index contributed by atoms with van der Waals surface area (Å²) in [5.74, 6) is -0.771. The van der Waals surface area contributed by atoms with Crippen molar-refractivity contribution in [3.05, 3.63) is 94.5 Å². The third-order valence-electron chi connectivity index (χ3n) is 4.64. The van der Waals surface area contributed by atoms with Gasteiger partial charge in [0.2, 0.25) is 0 Å². The Kier molecular flexibility index (Phi) is 3.69. The summed E-state index contributed by atoms with van der Waals surface area (Å²) in [4.78, 5) is 23.6. The van der Waals surface area contributed by atoms with Crippen LogP contribution in [0.5, 0.6) is 0 Å². The molecule has 0 amide bonds. The monoisotopic (exact) mass is 328 g/mol. The summed E-state index contributed by atoms with van der Waals surface area (Å²) in [6.45, 7) is 0. The number of benzene rings is 3. The van der Waals surface area contributed by atoms with Gasteiger partial charge in [0.05, 0.1) is 6.42 Å². The van der Waals surface area contributed by atoms with Crippen LogP contribution >= 0.6 is 0 Å². The summed E-state index contributed by atoms with van der Waals surface area (Å²) in [6, 6.07) is 21.2. The number of carboxylic acid groups (broad SMARTS) is 1. The van der Waals surface area contributed by atoms with Crippen molar-refractivity contribution in [3.8, 4) is 11.1 Å². The van der Waals surface area contributed by atoms with E-state index in [4.69, 9.17) is 5.11 Å². The molecular weight excluding hydrogens is 312 g/mol. The van der Waals surface area contributed by atoms with E-state index >= 15 is 0 Å². The average molecular weight is 328 g/mol. The van der Waals surface area contributed by atoms with Crippen LogP contribution in [0.2, 0.25) is 0 Å². The number of carboxylic acids is 1. The van der Waals surface area contributed by atoms with E-state index in [0.717, 1.165) is 45.4 Å². The molecular formula is C22H16O3. The van der Waals surface area contributed by atoms with E-state index < -0.39 is 5.97 Å². The molecule has 0 saturated carbocycles. The van der Waals surface area contributed by atoms with E-state index in [1.54, 1.807) is 0 Å². The van der Waals surface area contributed by atoms with Crippen LogP contribution in [0.1, 0.15) is 32.6 Å². The molecule has 0 aliphatic heterocycles. The Morgan fingerprint density at radius 2 is 1.52 bits per heavy atom. The Labute approximate surface area is 145 Å². The van der Waals surface area contributed by atoms with E-state index in [1.165, 1.54) is 0 Å². The minimum absolute atomic E-state index is 0.0136. The average Bonchev–Trinajstić information content (AvgIpc) is 2.62. The van der Waals surface area contributed by atoms with Gasteiger partial charge in [-0.2, -0.15) is 0 Å². The Morgan fingerprint density at radius 1 is 0.840 bits per heavy atom. The molecule has 1 aliphatic rings. The highest BCUT2D eigenvalue weighted by Crippen LogP contribution is 2.30. The molecule has 0 heterocycles. The molecule has 3 nitrogen and oxygen atoms in total. The van der Waals surface area contributed by atoms with Crippen molar-refractivity contribution in [2.24, 2.45) is 0 Å². The van der Waals surface area contributed by atoms with Crippen LogP contribution in [0.25, 0.3) is 11.1 Å². The number of hydrogen-bond donors (Lipinski definition) is 1. The van der Waals surface area contributed by atoms with Gasteiger partial charge in [-0.25, -0.2) is 0 Å². The van der Waals surface area contributed by atoms with Gasteiger partial charge in [0, 0.05) is 11.1 Å². The van der Waals surface area contributed by atoms with Gasteiger partial charge in [-0.1, -0.05) is 60.7 Å². The van der Waals surface area contributed by atoms with Crippen LogP contribution in [0.3, 0.4) is 0 Å². The SMILES string of the molecule is O=C(O)Cc1ccc(-c2ccc3c(c2)C(=O)c2ccccc2C3)cc1. The first kappa shape index (κ1) is 15.3. The highest BCUT2D eigenvalue weighted by Gasteiger charge is 2.23. The number of ketones is 1. The zero-order valence-corrected chi connectivity index (χ0v) is 13.5. The lowest BCUT2D eigenvalue weighted by Gasteiger charge is -2.19. The molecule has 0 saturated heterocycles. The van der Waals surface area contributed by atoms with E-state index in [-0.39, 0.29) is 12.2 Å². The predicted octanol–water partition coefficient (Wildman–Crippen LogP) is 4.12. The molecule has 0 spiro atoms. The molecule has 0 unspecified atom stereocenters. The fraction of sp³-hybridized carbons (Fsp3) is 0.0909. The second-order valence-corrected chi connectivity index (χ2v) is 6.30. The smallest absolute Gasteiger partial charge is 0.307 e. The van der Waals surface area contributed by atoms with Crippen molar-refractivity contribution in [2.75, 3.05) is 0 Å². The topological polar surface area (TPSA) is 54.4 Å². The molecule has 122 valence electrons. The van der Waals surface area contributed by atoms with Crippen LogP contribution in [-0.2, 0) is 17.6 Å². The highest BCUT2D eigenvalue weighted by molar-refractivity contribution is 6.12. The number of carbonyl (C=O) groups is 2. The minimum Gasteiger partial charge on any atom is -0.481 e. The summed E-state index contributed by atoms with van der Waals surface area (Å²) in [5, 5.41) is 8.86. The second kappa shape index (κ2) is 6.02. The molecule has 3 aromatic rings. The molecule has 0 radical (unpaired) electrons. The number of hydrogen-bond acceptors (Lipinski definition) is 2. The van der Waals surface area contributed by atoms with Crippen molar-refractivity contribution < 1.29 is 14.7 Å². The number of fused-ring (bicyclic) bond motifs is 2. The lowest BCUT2D eigenvalue weighted by molar-refractivity contribution is -0.136. The Balaban J connectivity index is 1.69. The van der Waals surface area contributed by atoms with Gasteiger partial charge < -0.3 is 5.11 Å². The molecule has 25 heavy (non-hydrogen) atoms. The van der Waals surface area contributed by atoms with E-state index in [2.05, 4.69) is 0 Å². The number of carbonyl (C=O) groups excluding carboxylic acids is 1. The maximum atomic E-state index is 12.8. The molecule has 3 heteroatoms. The van der Waals surface area contributed by atoms with Crippen LogP contribution in [0.15, 0.2) is 66.7 Å². The lowest BCUT2D eigenvalue weighted by Crippen LogP contribution is -2.14. The van der Waals surface area contributed by atoms with E-state index in [9.17, 15) is 9.59 Å². The third-order valence-corrected chi connectivity index (χ3v) is 4.64. The molecule has 0 bridgehead atoms. The van der Waals surface area contributed by atoms with Gasteiger partial charge >= 0.3 is 5.97 Å². The largest absolute Gasteiger partial charge is 0.481 e. The first-order chi connectivity index (χ1) is 12.1. The Hall–Kier alpha value is -3.20. The quantitative estimate of drug-likeness (QED) is 0.615. The maximum Gasteiger partial charge on any atom is 0.307 e. The first-order valence-corrected chi connectivity index (χ1v) is 8.18. The molecule has 0 aromatic heterocycles. The van der Waals surface area contributed by atoms with Crippen molar-refractivity contribution in [1.82, 2.24) is 0 Å². The molecule has 0 atom stereocenters. The third kappa shape index (κ3) is 2.85. The first-order valence-electron chi connectivity index (χ1n) is 8.18. The highest BCUT2D eigenvalue weighted by atomic mass is 16.4. The summed E-state index contributed by atoms with van der Waals surface area (Å²) in [7, 11) is 0. The molecule has 4 rings (SSSR count). The fourth-order valence-electron chi connectivity index (χ4n) is 3.36. The van der Waals surface area contributed by atoms with Crippen molar-refractivity contribution in [3.63, 3.8) is 0 Å². The normalized spacial score (nSPS) is 12.4. The van der Waals surface area contributed by atoms with E-state index in [0.29, 0.717) is 0 Å². The zero-order valence-electron chi connectivity index (χ0n) is 13.5. The van der Waals surface area contributed by atoms with Crippen LogP contribution in [0, 0.1) is 0 Å². The molecule has 0 fully saturated rings. The van der Waals surface area contributed by atoms with E-state index in [1.807, 2.05) is 66.7 Å². The van der Waals surface area contributed by atoms with Gasteiger partial charge in [-0.05, 0) is 40.3 Å². The van der Waals surface area contributed by atoms with Gasteiger partial charge in [0.15, 0.2) is 5.78 Å². The predicted molar refractivity (Wildman–Crippen MR) is 95.9 cm³/mol. The summed E-state index contributed by atoms with van der Waals surface area (Å²) in [6.07, 6.45) is 0.787. The Morgan fingerprint density at radius 3 is 2.28 bits per heavy atom. The van der Waals surface area contributed by atoms with Gasteiger partial charge in [0.1, 0.15) is 0 Å². The van der Waals surface area contributed by atoms with Crippen molar-refractivity contribution in [2.45, 2.75) is 12.8 Å². The maximum absolute atomic E-state index is 12.8. The minimum atomic E-state index is -0.842. The molecule has 1 aliphatic carbocycles. The summed E-state index contributed by atoms with van der Waals surface area (Å²) < 4.78 is 0. The zero-order chi connectivity index (χ0) is 17.4. The van der Waals surface area contributed by atoms with Gasteiger partial charge in [0.25, 0.3) is 0 Å². The van der Waals surface area contributed by atoms with Crippen LogP contribution in [0.4, 0.5) is 0 Å². The van der Waals surface area contributed by atoms with Crippen molar-refractivity contribution >= 4 is 11.8 Å². The molecule has 3 aromatic carbocycles. The number of aliphatic carboxylic acids is 1. The van der Waals surface area contributed by atoms with Gasteiger partial charge in [-0.15, -0.1) is 0 Å². The summed E-state index contributed by atoms with van der Waals surface area (Å²) >= 11 is 0. The van der Waals surface area contributed by atoms with Gasteiger partial charge in [-0.3, -0.25) is 9.59 Å². The lowest BCUT2D eigenvalue weighted by atomic mass is 9.83. The fourth-order valence-corrected chi connectivity index (χ4v) is 3.36. The Bertz CT molecular complexity index is 984.